The quantitative estimate of drug-likeness (QED) is 0.402. The first-order valence-electron chi connectivity index (χ1n) is 5.74. The van der Waals surface area contributed by atoms with Crippen molar-refractivity contribution in [3.63, 3.8) is 0 Å². The summed E-state index contributed by atoms with van der Waals surface area (Å²) >= 11 is 0. The Kier molecular flexibility index (Phi) is 3.98. The molecule has 17 heavy (non-hydrogen) atoms. The Bertz CT molecular complexity index is 312. The molecule has 0 aromatic heterocycles. The summed E-state index contributed by atoms with van der Waals surface area (Å²) in [6.07, 6.45) is 0.151. The minimum absolute atomic E-state index is 0.268. The van der Waals surface area contributed by atoms with Crippen molar-refractivity contribution in [2.24, 2.45) is 11.8 Å². The molecule has 0 bridgehead atoms. The molecule has 0 saturated carbocycles. The summed E-state index contributed by atoms with van der Waals surface area (Å²) in [7, 11) is 0. The lowest BCUT2D eigenvalue weighted by atomic mass is 10.1. The van der Waals surface area contributed by atoms with Crippen molar-refractivity contribution < 1.29 is 14.3 Å². The van der Waals surface area contributed by atoms with E-state index >= 15 is 0 Å². The maximum Gasteiger partial charge on any atom is 0.410 e. The predicted molar refractivity (Wildman–Crippen MR) is 62.8 cm³/mol. The standard InChI is InChI=1S/C11H21N3O3/c1-7-5-8(9(15)13-12)14(6-7)10(16)17-11(2,3)4/h7-8H,5-6,12H2,1-4H3,(H,13,15)/t7-,8-/m0/s1. The minimum atomic E-state index is -0.563. The molecule has 0 spiro atoms. The highest BCUT2D eigenvalue weighted by Gasteiger charge is 2.39. The normalized spacial score (nSPS) is 24.6. The van der Waals surface area contributed by atoms with Gasteiger partial charge in [0.2, 0.25) is 0 Å². The lowest BCUT2D eigenvalue weighted by molar-refractivity contribution is -0.125. The van der Waals surface area contributed by atoms with E-state index in [1.807, 2.05) is 6.92 Å². The summed E-state index contributed by atoms with van der Waals surface area (Å²) in [5, 5.41) is 0. The van der Waals surface area contributed by atoms with Gasteiger partial charge in [0.1, 0.15) is 11.6 Å². The second kappa shape index (κ2) is 4.91. The molecule has 1 saturated heterocycles. The highest BCUT2D eigenvalue weighted by Crippen LogP contribution is 2.25. The molecule has 6 nitrogen and oxygen atoms in total. The molecular weight excluding hydrogens is 222 g/mol. The number of nitrogens with one attached hydrogen (secondary N) is 1. The van der Waals surface area contributed by atoms with Crippen molar-refractivity contribution in [3.05, 3.63) is 0 Å². The van der Waals surface area contributed by atoms with Crippen molar-refractivity contribution >= 4 is 12.0 Å². The van der Waals surface area contributed by atoms with Gasteiger partial charge in [-0.25, -0.2) is 10.6 Å². The van der Waals surface area contributed by atoms with E-state index in [2.05, 4.69) is 5.43 Å². The fraction of sp³-hybridized carbons (Fsp3) is 0.818. The Morgan fingerprint density at radius 3 is 2.47 bits per heavy atom. The minimum Gasteiger partial charge on any atom is -0.444 e. The molecule has 0 unspecified atom stereocenters. The lowest BCUT2D eigenvalue weighted by Gasteiger charge is -2.27. The fourth-order valence-corrected chi connectivity index (χ4v) is 1.91. The molecule has 1 aliphatic rings. The van der Waals surface area contributed by atoms with Crippen LogP contribution in [0.2, 0.25) is 0 Å². The number of carbonyl (C=O) groups excluding carboxylic acids is 2. The zero-order chi connectivity index (χ0) is 13.2. The fourth-order valence-electron chi connectivity index (χ4n) is 1.91. The van der Waals surface area contributed by atoms with Gasteiger partial charge in [-0.2, -0.15) is 0 Å². The van der Waals surface area contributed by atoms with Gasteiger partial charge >= 0.3 is 6.09 Å². The average Bonchev–Trinajstić information content (AvgIpc) is 2.56. The topological polar surface area (TPSA) is 84.7 Å². The molecule has 0 aromatic rings. The van der Waals surface area contributed by atoms with Gasteiger partial charge in [-0.15, -0.1) is 0 Å². The molecular formula is C11H21N3O3. The van der Waals surface area contributed by atoms with E-state index in [0.29, 0.717) is 13.0 Å². The van der Waals surface area contributed by atoms with Gasteiger partial charge in [0.25, 0.3) is 5.91 Å². The summed E-state index contributed by atoms with van der Waals surface area (Å²) in [6.45, 7) is 7.89. The zero-order valence-corrected chi connectivity index (χ0v) is 10.8. The Hall–Kier alpha value is -1.30. The summed E-state index contributed by atoms with van der Waals surface area (Å²) in [6, 6.07) is -0.523. The van der Waals surface area contributed by atoms with Crippen LogP contribution in [0.25, 0.3) is 0 Å². The van der Waals surface area contributed by atoms with Crippen molar-refractivity contribution in [1.82, 2.24) is 10.3 Å². The third-order valence-corrected chi connectivity index (χ3v) is 2.58. The number of hydrogen-bond acceptors (Lipinski definition) is 4. The molecule has 1 heterocycles. The Balaban J connectivity index is 2.73. The van der Waals surface area contributed by atoms with Gasteiger partial charge in [-0.1, -0.05) is 6.92 Å². The number of nitrogens with two attached hydrogens (primary N) is 1. The van der Waals surface area contributed by atoms with Crippen LogP contribution in [0.4, 0.5) is 4.79 Å². The summed E-state index contributed by atoms with van der Waals surface area (Å²) in [5.41, 5.74) is 1.52. The number of ether oxygens (including phenoxy) is 1. The maximum absolute atomic E-state index is 11.9. The largest absolute Gasteiger partial charge is 0.444 e. The smallest absolute Gasteiger partial charge is 0.410 e. The van der Waals surface area contributed by atoms with Crippen molar-refractivity contribution in [2.75, 3.05) is 6.54 Å². The Morgan fingerprint density at radius 1 is 1.41 bits per heavy atom. The lowest BCUT2D eigenvalue weighted by Crippen LogP contribution is -2.49. The Labute approximate surface area is 101 Å². The molecule has 3 N–H and O–H groups in total. The van der Waals surface area contributed by atoms with E-state index in [0.717, 1.165) is 0 Å². The Morgan fingerprint density at radius 2 is 2.00 bits per heavy atom. The molecule has 0 aromatic carbocycles. The molecule has 1 aliphatic heterocycles. The zero-order valence-electron chi connectivity index (χ0n) is 10.8. The van der Waals surface area contributed by atoms with Crippen LogP contribution in [0.1, 0.15) is 34.1 Å². The average molecular weight is 243 g/mol. The van der Waals surface area contributed by atoms with Crippen LogP contribution in [0.3, 0.4) is 0 Å². The molecule has 0 radical (unpaired) electrons. The SMILES string of the molecule is C[C@H]1C[C@@H](C(=O)NN)N(C(=O)OC(C)(C)C)C1. The van der Waals surface area contributed by atoms with E-state index in [1.54, 1.807) is 20.8 Å². The van der Waals surface area contributed by atoms with Crippen molar-refractivity contribution in [3.8, 4) is 0 Å². The molecule has 1 rings (SSSR count). The van der Waals surface area contributed by atoms with E-state index in [4.69, 9.17) is 10.6 Å². The van der Waals surface area contributed by atoms with Gasteiger partial charge in [0.15, 0.2) is 0 Å². The van der Waals surface area contributed by atoms with E-state index < -0.39 is 17.7 Å². The van der Waals surface area contributed by atoms with Gasteiger partial charge in [0, 0.05) is 6.54 Å². The molecule has 2 amide bonds. The van der Waals surface area contributed by atoms with Gasteiger partial charge < -0.3 is 4.74 Å². The molecule has 6 heteroatoms. The van der Waals surface area contributed by atoms with E-state index in [1.165, 1.54) is 4.90 Å². The van der Waals surface area contributed by atoms with Crippen LogP contribution in [0, 0.1) is 5.92 Å². The first kappa shape index (κ1) is 13.8. The van der Waals surface area contributed by atoms with E-state index in [-0.39, 0.29) is 11.8 Å². The number of hydrazine groups is 1. The molecule has 0 aliphatic carbocycles. The van der Waals surface area contributed by atoms with Gasteiger partial charge in [-0.05, 0) is 33.1 Å². The van der Waals surface area contributed by atoms with Crippen LogP contribution in [-0.2, 0) is 9.53 Å². The monoisotopic (exact) mass is 243 g/mol. The van der Waals surface area contributed by atoms with E-state index in [9.17, 15) is 9.59 Å². The first-order chi connectivity index (χ1) is 7.74. The highest BCUT2D eigenvalue weighted by atomic mass is 16.6. The number of hydrogen-bond donors (Lipinski definition) is 2. The summed E-state index contributed by atoms with van der Waals surface area (Å²) in [5.74, 6) is 5.03. The maximum atomic E-state index is 11.9. The van der Waals surface area contributed by atoms with Gasteiger partial charge in [-0.3, -0.25) is 15.1 Å². The number of nitrogens with zero attached hydrogens (tertiary/aromatic N) is 1. The summed E-state index contributed by atoms with van der Waals surface area (Å²) in [4.78, 5) is 24.9. The number of likely N-dealkylation sites (tertiary alicyclic amines) is 1. The molecule has 1 fully saturated rings. The van der Waals surface area contributed by atoms with Crippen molar-refractivity contribution in [2.45, 2.75) is 45.8 Å². The second-order valence-electron chi connectivity index (χ2n) is 5.50. The molecule has 98 valence electrons. The highest BCUT2D eigenvalue weighted by molar-refractivity contribution is 5.85. The summed E-state index contributed by atoms with van der Waals surface area (Å²) < 4.78 is 5.26. The van der Waals surface area contributed by atoms with Crippen LogP contribution in [-0.4, -0.2) is 35.1 Å². The van der Waals surface area contributed by atoms with Crippen LogP contribution in [0.5, 0.6) is 0 Å². The third kappa shape index (κ3) is 3.59. The third-order valence-electron chi connectivity index (χ3n) is 2.58. The van der Waals surface area contributed by atoms with Crippen molar-refractivity contribution in [1.29, 1.82) is 0 Å². The number of carbonyl (C=O) groups is 2. The van der Waals surface area contributed by atoms with Gasteiger partial charge in [0.05, 0.1) is 0 Å². The van der Waals surface area contributed by atoms with Crippen LogP contribution >= 0.6 is 0 Å². The molecule has 2 atom stereocenters. The number of rotatable bonds is 1. The number of amides is 2. The van der Waals surface area contributed by atoms with Crippen LogP contribution in [0.15, 0.2) is 0 Å². The first-order valence-corrected chi connectivity index (χ1v) is 5.74. The second-order valence-corrected chi connectivity index (χ2v) is 5.50. The predicted octanol–water partition coefficient (Wildman–Crippen LogP) is 0.622. The van der Waals surface area contributed by atoms with Crippen LogP contribution < -0.4 is 11.3 Å².